The van der Waals surface area contributed by atoms with Crippen LogP contribution in [-0.2, 0) is 4.74 Å². The van der Waals surface area contributed by atoms with Crippen LogP contribution >= 0.6 is 0 Å². The smallest absolute Gasteiger partial charge is 0.0594 e. The van der Waals surface area contributed by atoms with E-state index >= 15 is 0 Å². The molecule has 2 aliphatic rings. The molecule has 1 aliphatic heterocycles. The predicted octanol–water partition coefficient (Wildman–Crippen LogP) is 3.28. The molecule has 0 amide bonds. The molecule has 1 fully saturated rings. The minimum Gasteiger partial charge on any atom is -0.379 e. The molecule has 1 heterocycles. The molecular formula is C18H26N2O. The first-order valence-corrected chi connectivity index (χ1v) is 8.25. The average molecular weight is 286 g/mol. The van der Waals surface area contributed by atoms with Gasteiger partial charge in [-0.15, -0.1) is 0 Å². The van der Waals surface area contributed by atoms with E-state index in [4.69, 9.17) is 4.74 Å². The van der Waals surface area contributed by atoms with Gasteiger partial charge in [-0.05, 0) is 37.8 Å². The fraction of sp³-hybridized carbons (Fsp3) is 0.556. The highest BCUT2D eigenvalue weighted by Gasteiger charge is 2.16. The van der Waals surface area contributed by atoms with Crippen LogP contribution in [0.1, 0.15) is 25.7 Å². The molecule has 114 valence electrons. The monoisotopic (exact) mass is 286 g/mol. The highest BCUT2D eigenvalue weighted by atomic mass is 16.5. The van der Waals surface area contributed by atoms with E-state index in [0.717, 1.165) is 39.4 Å². The minimum atomic E-state index is 0.883. The summed E-state index contributed by atoms with van der Waals surface area (Å²) in [4.78, 5) is 5.04. The highest BCUT2D eigenvalue weighted by Crippen LogP contribution is 2.26. The molecule has 0 N–H and O–H groups in total. The van der Waals surface area contributed by atoms with Crippen LogP contribution < -0.4 is 4.90 Å². The standard InChI is InChI=1S/C18H26N2O/c1-3-7-17(8-4-1)20(18-9-5-2-6-10-18)12-11-19-13-15-21-16-14-19/h1,3-4,7-9H,2,5-6,10-16H2. The van der Waals surface area contributed by atoms with Crippen molar-refractivity contribution < 1.29 is 4.74 Å². The van der Waals surface area contributed by atoms with Gasteiger partial charge in [0.2, 0.25) is 0 Å². The Bertz CT molecular complexity index is 452. The number of hydrogen-bond acceptors (Lipinski definition) is 3. The lowest BCUT2D eigenvalue weighted by Crippen LogP contribution is -2.41. The number of rotatable bonds is 5. The van der Waals surface area contributed by atoms with E-state index in [9.17, 15) is 0 Å². The zero-order chi connectivity index (χ0) is 14.3. The van der Waals surface area contributed by atoms with Crippen LogP contribution in [-0.4, -0.2) is 44.3 Å². The van der Waals surface area contributed by atoms with E-state index in [2.05, 4.69) is 46.2 Å². The Labute approximate surface area is 128 Å². The number of ether oxygens (including phenoxy) is 1. The third kappa shape index (κ3) is 4.08. The van der Waals surface area contributed by atoms with Crippen molar-refractivity contribution in [2.45, 2.75) is 25.7 Å². The van der Waals surface area contributed by atoms with E-state index < -0.39 is 0 Å². The summed E-state index contributed by atoms with van der Waals surface area (Å²) in [6.07, 6.45) is 7.56. The summed E-state index contributed by atoms with van der Waals surface area (Å²) < 4.78 is 5.44. The molecule has 1 aliphatic carbocycles. The molecule has 0 spiro atoms. The predicted molar refractivity (Wildman–Crippen MR) is 87.6 cm³/mol. The van der Waals surface area contributed by atoms with Crippen molar-refractivity contribution in [1.82, 2.24) is 4.90 Å². The molecule has 0 aromatic heterocycles. The van der Waals surface area contributed by atoms with Gasteiger partial charge in [-0.3, -0.25) is 4.90 Å². The summed E-state index contributed by atoms with van der Waals surface area (Å²) >= 11 is 0. The highest BCUT2D eigenvalue weighted by molar-refractivity contribution is 5.52. The Morgan fingerprint density at radius 2 is 1.86 bits per heavy atom. The summed E-state index contributed by atoms with van der Waals surface area (Å²) in [6, 6.07) is 10.8. The first kappa shape index (κ1) is 14.6. The van der Waals surface area contributed by atoms with Gasteiger partial charge in [-0.2, -0.15) is 0 Å². The van der Waals surface area contributed by atoms with E-state index in [1.54, 1.807) is 0 Å². The van der Waals surface area contributed by atoms with Crippen molar-refractivity contribution >= 4 is 5.69 Å². The molecule has 3 heteroatoms. The van der Waals surface area contributed by atoms with Crippen LogP contribution in [0.2, 0.25) is 0 Å². The van der Waals surface area contributed by atoms with Crippen molar-refractivity contribution in [1.29, 1.82) is 0 Å². The number of benzene rings is 1. The fourth-order valence-electron chi connectivity index (χ4n) is 3.18. The number of para-hydroxylation sites is 1. The van der Waals surface area contributed by atoms with Crippen LogP contribution in [0.25, 0.3) is 0 Å². The van der Waals surface area contributed by atoms with Crippen molar-refractivity contribution in [2.24, 2.45) is 0 Å². The third-order valence-electron chi connectivity index (χ3n) is 4.43. The van der Waals surface area contributed by atoms with Gasteiger partial charge in [-0.1, -0.05) is 24.3 Å². The zero-order valence-corrected chi connectivity index (χ0v) is 12.8. The Hall–Kier alpha value is -1.32. The number of allylic oxidation sites excluding steroid dienone is 2. The van der Waals surface area contributed by atoms with Crippen LogP contribution in [0, 0.1) is 0 Å². The van der Waals surface area contributed by atoms with Gasteiger partial charge in [0.1, 0.15) is 0 Å². The zero-order valence-electron chi connectivity index (χ0n) is 12.8. The third-order valence-corrected chi connectivity index (χ3v) is 4.43. The largest absolute Gasteiger partial charge is 0.379 e. The van der Waals surface area contributed by atoms with Gasteiger partial charge < -0.3 is 9.64 Å². The lowest BCUT2D eigenvalue weighted by atomic mass is 10.0. The number of nitrogens with zero attached hydrogens (tertiary/aromatic N) is 2. The van der Waals surface area contributed by atoms with E-state index in [1.807, 2.05) is 0 Å². The molecule has 3 nitrogen and oxygen atoms in total. The van der Waals surface area contributed by atoms with Crippen LogP contribution in [0.5, 0.6) is 0 Å². The maximum atomic E-state index is 5.44. The first-order valence-electron chi connectivity index (χ1n) is 8.25. The van der Waals surface area contributed by atoms with Crippen molar-refractivity contribution in [3.63, 3.8) is 0 Å². The van der Waals surface area contributed by atoms with E-state index in [-0.39, 0.29) is 0 Å². The van der Waals surface area contributed by atoms with Gasteiger partial charge in [0.25, 0.3) is 0 Å². The lowest BCUT2D eigenvalue weighted by molar-refractivity contribution is 0.0393. The number of anilines is 1. The second-order valence-electron chi connectivity index (χ2n) is 5.88. The van der Waals surface area contributed by atoms with Gasteiger partial charge in [0.05, 0.1) is 13.2 Å². The average Bonchev–Trinajstić information content (AvgIpc) is 2.58. The molecule has 1 aromatic carbocycles. The van der Waals surface area contributed by atoms with Gasteiger partial charge in [0, 0.05) is 37.6 Å². The van der Waals surface area contributed by atoms with Crippen LogP contribution in [0.4, 0.5) is 5.69 Å². The number of hydrogen-bond donors (Lipinski definition) is 0. The molecule has 0 unspecified atom stereocenters. The molecule has 1 aromatic rings. The summed E-state index contributed by atoms with van der Waals surface area (Å²) in [7, 11) is 0. The van der Waals surface area contributed by atoms with Crippen LogP contribution in [0.15, 0.2) is 42.1 Å². The Morgan fingerprint density at radius 3 is 2.57 bits per heavy atom. The van der Waals surface area contributed by atoms with Gasteiger partial charge in [-0.25, -0.2) is 0 Å². The molecule has 0 radical (unpaired) electrons. The number of morpholine rings is 1. The summed E-state index contributed by atoms with van der Waals surface area (Å²) in [5, 5.41) is 0. The van der Waals surface area contributed by atoms with E-state index in [0.29, 0.717) is 0 Å². The normalized spacial score (nSPS) is 20.1. The molecule has 0 bridgehead atoms. The molecule has 21 heavy (non-hydrogen) atoms. The van der Waals surface area contributed by atoms with Gasteiger partial charge in [0.15, 0.2) is 0 Å². The van der Waals surface area contributed by atoms with Gasteiger partial charge >= 0.3 is 0 Å². The Kier molecular flexibility index (Phi) is 5.30. The summed E-state index contributed by atoms with van der Waals surface area (Å²) in [5.74, 6) is 0. The maximum absolute atomic E-state index is 5.44. The molecular weight excluding hydrogens is 260 g/mol. The molecule has 1 saturated heterocycles. The second-order valence-corrected chi connectivity index (χ2v) is 5.88. The quantitative estimate of drug-likeness (QED) is 0.826. The second kappa shape index (κ2) is 7.62. The van der Waals surface area contributed by atoms with E-state index in [1.165, 1.54) is 37.1 Å². The van der Waals surface area contributed by atoms with Crippen molar-refractivity contribution in [3.05, 3.63) is 42.1 Å². The maximum Gasteiger partial charge on any atom is 0.0594 e. The lowest BCUT2D eigenvalue weighted by Gasteiger charge is -2.33. The molecule has 0 saturated carbocycles. The Morgan fingerprint density at radius 1 is 1.05 bits per heavy atom. The summed E-state index contributed by atoms with van der Waals surface area (Å²) in [5.41, 5.74) is 2.85. The topological polar surface area (TPSA) is 15.7 Å². The van der Waals surface area contributed by atoms with Crippen molar-refractivity contribution in [2.75, 3.05) is 44.3 Å². The summed E-state index contributed by atoms with van der Waals surface area (Å²) in [6.45, 7) is 6.11. The molecule has 3 rings (SSSR count). The fourth-order valence-corrected chi connectivity index (χ4v) is 3.18. The van der Waals surface area contributed by atoms with Crippen molar-refractivity contribution in [3.8, 4) is 0 Å². The molecule has 0 atom stereocenters. The SMILES string of the molecule is C1=C(N(CCN2CCOCC2)c2ccccc2)CCCC1. The minimum absolute atomic E-state index is 0.883. The first-order chi connectivity index (χ1) is 10.4. The Balaban J connectivity index is 1.68. The van der Waals surface area contributed by atoms with Crippen LogP contribution in [0.3, 0.4) is 0 Å².